The Labute approximate surface area is 128 Å². The molecule has 0 aromatic heterocycles. The van der Waals surface area contributed by atoms with Gasteiger partial charge in [0.1, 0.15) is 5.75 Å². The Morgan fingerprint density at radius 2 is 2.10 bits per heavy atom. The lowest BCUT2D eigenvalue weighted by Gasteiger charge is -2.12. The summed E-state index contributed by atoms with van der Waals surface area (Å²) in [7, 11) is 1.61. The van der Waals surface area contributed by atoms with Crippen LogP contribution in [0, 0.1) is 6.92 Å². The third kappa shape index (κ3) is 2.90. The molecular weight excluding hydrogens is 282 g/mol. The van der Waals surface area contributed by atoms with Crippen LogP contribution in [0.4, 0.5) is 5.69 Å². The van der Waals surface area contributed by atoms with Crippen LogP contribution in [0.15, 0.2) is 47.4 Å². The number of hydrogen-bond acceptors (Lipinski definition) is 3. The monoisotopic (exact) mass is 299 g/mol. The molecule has 3 nitrogen and oxygen atoms in total. The summed E-state index contributed by atoms with van der Waals surface area (Å²) in [5.74, 6) is 0.709. The molecule has 0 radical (unpaired) electrons. The second-order valence-electron chi connectivity index (χ2n) is 5.11. The number of para-hydroxylation sites is 2. The second-order valence-corrected chi connectivity index (χ2v) is 6.36. The molecule has 0 bridgehead atoms. The van der Waals surface area contributed by atoms with Gasteiger partial charge in [-0.25, -0.2) is 0 Å². The first-order valence-corrected chi connectivity index (χ1v) is 7.75. The van der Waals surface area contributed by atoms with E-state index in [4.69, 9.17) is 4.74 Å². The standard InChI is InChI=1S/C17H17NO2S/c1-11-7-8-12-10-16(21-15(12)9-11)17(19)18-13-5-3-4-6-14(13)20-2/h3-9,16H,10H2,1-2H3,(H,18,19)/t16-/m1/s1. The number of nitrogens with one attached hydrogen (secondary N) is 1. The zero-order chi connectivity index (χ0) is 14.8. The number of carbonyl (C=O) groups is 1. The highest BCUT2D eigenvalue weighted by molar-refractivity contribution is 8.01. The highest BCUT2D eigenvalue weighted by Gasteiger charge is 2.28. The van der Waals surface area contributed by atoms with Gasteiger partial charge in [-0.15, -0.1) is 11.8 Å². The predicted octanol–water partition coefficient (Wildman–Crippen LogP) is 3.66. The Bertz CT molecular complexity index is 684. The van der Waals surface area contributed by atoms with Crippen molar-refractivity contribution in [2.75, 3.05) is 12.4 Å². The summed E-state index contributed by atoms with van der Waals surface area (Å²) >= 11 is 1.64. The zero-order valence-electron chi connectivity index (χ0n) is 12.1. The Morgan fingerprint density at radius 3 is 2.90 bits per heavy atom. The van der Waals surface area contributed by atoms with Crippen molar-refractivity contribution in [3.8, 4) is 5.75 Å². The highest BCUT2D eigenvalue weighted by Crippen LogP contribution is 2.38. The number of anilines is 1. The SMILES string of the molecule is COc1ccccc1NC(=O)[C@H]1Cc2ccc(C)cc2S1. The number of benzene rings is 2. The molecule has 1 amide bonds. The molecule has 2 aromatic rings. The van der Waals surface area contributed by atoms with E-state index in [-0.39, 0.29) is 11.2 Å². The maximum atomic E-state index is 12.4. The van der Waals surface area contributed by atoms with Crippen LogP contribution in [-0.2, 0) is 11.2 Å². The van der Waals surface area contributed by atoms with Gasteiger partial charge in [-0.3, -0.25) is 4.79 Å². The van der Waals surface area contributed by atoms with Crippen LogP contribution in [0.2, 0.25) is 0 Å². The molecule has 0 saturated carbocycles. The predicted molar refractivity (Wildman–Crippen MR) is 86.2 cm³/mol. The Morgan fingerprint density at radius 1 is 1.29 bits per heavy atom. The Hall–Kier alpha value is -1.94. The highest BCUT2D eigenvalue weighted by atomic mass is 32.2. The van der Waals surface area contributed by atoms with Crippen molar-refractivity contribution in [1.82, 2.24) is 0 Å². The fourth-order valence-corrected chi connectivity index (χ4v) is 3.73. The van der Waals surface area contributed by atoms with Crippen molar-refractivity contribution in [3.63, 3.8) is 0 Å². The van der Waals surface area contributed by atoms with Gasteiger partial charge in [0, 0.05) is 4.90 Å². The molecule has 108 valence electrons. The lowest BCUT2D eigenvalue weighted by molar-refractivity contribution is -0.115. The third-order valence-corrected chi connectivity index (χ3v) is 4.85. The van der Waals surface area contributed by atoms with Crippen molar-refractivity contribution in [2.24, 2.45) is 0 Å². The summed E-state index contributed by atoms with van der Waals surface area (Å²) in [5.41, 5.74) is 3.20. The van der Waals surface area contributed by atoms with Gasteiger partial charge < -0.3 is 10.1 Å². The van der Waals surface area contributed by atoms with E-state index >= 15 is 0 Å². The molecule has 0 unspecified atom stereocenters. The molecule has 1 aliphatic rings. The van der Waals surface area contributed by atoms with Crippen LogP contribution in [0.3, 0.4) is 0 Å². The maximum Gasteiger partial charge on any atom is 0.238 e. The molecule has 0 aliphatic carbocycles. The molecule has 4 heteroatoms. The van der Waals surface area contributed by atoms with E-state index in [9.17, 15) is 4.79 Å². The molecule has 1 N–H and O–H groups in total. The number of thioether (sulfide) groups is 1. The molecule has 2 aromatic carbocycles. The smallest absolute Gasteiger partial charge is 0.238 e. The van der Waals surface area contributed by atoms with E-state index in [1.54, 1.807) is 18.9 Å². The number of aryl methyl sites for hydroxylation is 1. The van der Waals surface area contributed by atoms with Crippen LogP contribution < -0.4 is 10.1 Å². The first kappa shape index (κ1) is 14.0. The van der Waals surface area contributed by atoms with E-state index < -0.39 is 0 Å². The summed E-state index contributed by atoms with van der Waals surface area (Å²) < 4.78 is 5.26. The van der Waals surface area contributed by atoms with Gasteiger partial charge in [-0.05, 0) is 37.1 Å². The van der Waals surface area contributed by atoms with Crippen LogP contribution in [-0.4, -0.2) is 18.3 Å². The van der Waals surface area contributed by atoms with Crippen molar-refractivity contribution in [3.05, 3.63) is 53.6 Å². The van der Waals surface area contributed by atoms with Crippen molar-refractivity contribution < 1.29 is 9.53 Å². The minimum atomic E-state index is -0.0771. The molecule has 0 fully saturated rings. The molecule has 1 aliphatic heterocycles. The van der Waals surface area contributed by atoms with Gasteiger partial charge in [0.25, 0.3) is 0 Å². The summed E-state index contributed by atoms with van der Waals surface area (Å²) in [5, 5.41) is 2.89. The van der Waals surface area contributed by atoms with E-state index in [1.807, 2.05) is 24.3 Å². The lowest BCUT2D eigenvalue weighted by Crippen LogP contribution is -2.24. The van der Waals surface area contributed by atoms with E-state index in [2.05, 4.69) is 30.4 Å². The number of methoxy groups -OCH3 is 1. The van der Waals surface area contributed by atoms with Gasteiger partial charge in [0.05, 0.1) is 18.0 Å². The number of amides is 1. The summed E-state index contributed by atoms with van der Waals surface area (Å²) in [6.45, 7) is 2.07. The Balaban J connectivity index is 1.73. The van der Waals surface area contributed by atoms with Gasteiger partial charge in [-0.1, -0.05) is 29.8 Å². The molecule has 1 atom stereocenters. The van der Waals surface area contributed by atoms with Crippen LogP contribution >= 0.6 is 11.8 Å². The summed E-state index contributed by atoms with van der Waals surface area (Å²) in [6.07, 6.45) is 0.779. The average molecular weight is 299 g/mol. The number of fused-ring (bicyclic) bond motifs is 1. The molecule has 0 spiro atoms. The van der Waals surface area contributed by atoms with Crippen molar-refractivity contribution >= 4 is 23.4 Å². The van der Waals surface area contributed by atoms with E-state index in [0.29, 0.717) is 5.75 Å². The summed E-state index contributed by atoms with van der Waals surface area (Å²) in [4.78, 5) is 13.7. The summed E-state index contributed by atoms with van der Waals surface area (Å²) in [6, 6.07) is 13.8. The largest absolute Gasteiger partial charge is 0.495 e. The number of ether oxygens (including phenoxy) is 1. The molecule has 21 heavy (non-hydrogen) atoms. The first-order valence-electron chi connectivity index (χ1n) is 6.87. The topological polar surface area (TPSA) is 38.3 Å². The molecule has 0 saturated heterocycles. The zero-order valence-corrected chi connectivity index (χ0v) is 12.9. The van der Waals surface area contributed by atoms with Crippen molar-refractivity contribution in [2.45, 2.75) is 23.5 Å². The Kier molecular flexibility index (Phi) is 3.88. The second kappa shape index (κ2) is 5.82. The van der Waals surface area contributed by atoms with Gasteiger partial charge in [0.2, 0.25) is 5.91 Å². The minimum Gasteiger partial charge on any atom is -0.495 e. The van der Waals surface area contributed by atoms with Crippen LogP contribution in [0.1, 0.15) is 11.1 Å². The third-order valence-electron chi connectivity index (χ3n) is 3.55. The number of rotatable bonds is 3. The fraction of sp³-hybridized carbons (Fsp3) is 0.235. The molecular formula is C17H17NO2S. The lowest BCUT2D eigenvalue weighted by atomic mass is 10.1. The van der Waals surface area contributed by atoms with Crippen molar-refractivity contribution in [1.29, 1.82) is 0 Å². The van der Waals surface area contributed by atoms with E-state index in [1.165, 1.54) is 16.0 Å². The maximum absolute atomic E-state index is 12.4. The number of carbonyl (C=O) groups excluding carboxylic acids is 1. The van der Waals surface area contributed by atoms with Gasteiger partial charge in [0.15, 0.2) is 0 Å². The number of hydrogen-bond donors (Lipinski definition) is 1. The molecule has 1 heterocycles. The first-order chi connectivity index (χ1) is 10.2. The van der Waals surface area contributed by atoms with Gasteiger partial charge >= 0.3 is 0 Å². The fourth-order valence-electron chi connectivity index (χ4n) is 2.44. The van der Waals surface area contributed by atoms with Crippen LogP contribution in [0.5, 0.6) is 5.75 Å². The normalized spacial score (nSPS) is 16.4. The van der Waals surface area contributed by atoms with E-state index in [0.717, 1.165) is 12.1 Å². The van der Waals surface area contributed by atoms with Gasteiger partial charge in [-0.2, -0.15) is 0 Å². The minimum absolute atomic E-state index is 0.0263. The average Bonchev–Trinajstić information content (AvgIpc) is 2.91. The quantitative estimate of drug-likeness (QED) is 0.940. The molecule has 3 rings (SSSR count). The van der Waals surface area contributed by atoms with Crippen LogP contribution in [0.25, 0.3) is 0 Å².